The largest absolute Gasteiger partial charge is 4.00 e. The van der Waals surface area contributed by atoms with Crippen molar-refractivity contribution >= 4 is 5.97 Å². The van der Waals surface area contributed by atoms with Crippen LogP contribution >= 0.6 is 0 Å². The van der Waals surface area contributed by atoms with Gasteiger partial charge in [-0.1, -0.05) is 6.58 Å². The van der Waals surface area contributed by atoms with Gasteiger partial charge < -0.3 is 32.4 Å². The molecule has 16 heavy (non-hydrogen) atoms. The molecule has 3 heteroatoms. The van der Waals surface area contributed by atoms with Crippen molar-refractivity contribution in [2.75, 3.05) is 6.61 Å². The van der Waals surface area contributed by atoms with Crippen molar-refractivity contribution < 1.29 is 26.6 Å². The Morgan fingerprint density at radius 2 is 1.75 bits per heavy atom. The summed E-state index contributed by atoms with van der Waals surface area (Å²) in [5, 5.41) is 0. The van der Waals surface area contributed by atoms with E-state index in [1.54, 1.807) is 6.92 Å². The first kappa shape index (κ1) is 21.1. The van der Waals surface area contributed by atoms with Crippen LogP contribution in [0.15, 0.2) is 12.2 Å². The van der Waals surface area contributed by atoms with Crippen molar-refractivity contribution in [1.29, 1.82) is 0 Å². The maximum Gasteiger partial charge on any atom is 4.00 e. The fraction of sp³-hybridized carbons (Fsp3) is 0.462. The van der Waals surface area contributed by atoms with E-state index in [9.17, 15) is 4.79 Å². The van der Waals surface area contributed by atoms with Gasteiger partial charge in [0.1, 0.15) is 0 Å². The molecule has 0 aromatic heterocycles. The van der Waals surface area contributed by atoms with Crippen LogP contribution in [0.5, 0.6) is 0 Å². The SMILES string of the molecule is C=C(C)C(=O)OCC([CH2-])C[CH2-].[CH2-]CC[CH2-].[Fe+4]. The monoisotopic (exact) mass is 266 g/mol. The molecule has 0 aromatic carbocycles. The van der Waals surface area contributed by atoms with Gasteiger partial charge in [0.15, 0.2) is 0 Å². The summed E-state index contributed by atoms with van der Waals surface area (Å²) in [6, 6.07) is 0. The maximum absolute atomic E-state index is 10.8. The Balaban J connectivity index is -0.000000292. The molecule has 0 N–H and O–H groups in total. The standard InChI is InChI=1S/C9H14O2.C4H8.Fe/c1-5-8(4)6-11-9(10)7(2)3;1-3-4-2;/h8H,1-2,4-6H2,3H3;1-4H2;/q2*-2;+4. The second-order valence-corrected chi connectivity index (χ2v) is 3.24. The van der Waals surface area contributed by atoms with Crippen LogP contribution in [-0.4, -0.2) is 12.6 Å². The molecule has 0 spiro atoms. The minimum atomic E-state index is -0.355. The summed E-state index contributed by atoms with van der Waals surface area (Å²) >= 11 is 0. The average molecular weight is 266 g/mol. The number of hydrogen-bond donors (Lipinski definition) is 0. The predicted molar refractivity (Wildman–Crippen MR) is 64.5 cm³/mol. The number of carbonyl (C=O) groups excluding carboxylic acids is 1. The molecule has 0 rings (SSSR count). The first-order valence-electron chi connectivity index (χ1n) is 5.03. The van der Waals surface area contributed by atoms with E-state index in [1.165, 1.54) is 0 Å². The number of hydrogen-bond acceptors (Lipinski definition) is 2. The van der Waals surface area contributed by atoms with E-state index in [0.717, 1.165) is 12.8 Å². The zero-order chi connectivity index (χ0) is 12.3. The Bertz CT molecular complexity index is 177. The van der Waals surface area contributed by atoms with Gasteiger partial charge in [0.2, 0.25) is 0 Å². The third kappa shape index (κ3) is 16.2. The number of rotatable bonds is 5. The molecule has 0 aromatic rings. The van der Waals surface area contributed by atoms with Crippen LogP contribution in [0.25, 0.3) is 0 Å². The third-order valence-corrected chi connectivity index (χ3v) is 1.46. The molecule has 2 nitrogen and oxygen atoms in total. The van der Waals surface area contributed by atoms with Crippen LogP contribution in [0.4, 0.5) is 0 Å². The van der Waals surface area contributed by atoms with Gasteiger partial charge in [-0.2, -0.15) is 5.92 Å². The van der Waals surface area contributed by atoms with E-state index >= 15 is 0 Å². The van der Waals surface area contributed by atoms with E-state index < -0.39 is 0 Å². The number of carbonyl (C=O) groups is 1. The summed E-state index contributed by atoms with van der Waals surface area (Å²) in [7, 11) is 0. The zero-order valence-corrected chi connectivity index (χ0v) is 11.2. The second kappa shape index (κ2) is 14.7. The van der Waals surface area contributed by atoms with Gasteiger partial charge in [-0.3, -0.25) is 0 Å². The summed E-state index contributed by atoms with van der Waals surface area (Å²) in [4.78, 5) is 10.8. The molecule has 1 unspecified atom stereocenters. The Kier molecular flexibility index (Phi) is 19.4. The maximum atomic E-state index is 10.8. The molecular weight excluding hydrogens is 244 g/mol. The van der Waals surface area contributed by atoms with Crippen LogP contribution in [0, 0.1) is 33.6 Å². The van der Waals surface area contributed by atoms with Gasteiger partial charge in [-0.15, -0.1) is 0 Å². The van der Waals surface area contributed by atoms with Crippen LogP contribution in [0.2, 0.25) is 0 Å². The van der Waals surface area contributed by atoms with E-state index in [4.69, 9.17) is 4.74 Å². The Morgan fingerprint density at radius 1 is 1.31 bits per heavy atom. The number of esters is 1. The summed E-state index contributed by atoms with van der Waals surface area (Å²) in [6.07, 6.45) is 2.59. The van der Waals surface area contributed by atoms with Gasteiger partial charge in [0.05, 0.1) is 6.61 Å². The molecule has 0 fully saturated rings. The van der Waals surface area contributed by atoms with Crippen molar-refractivity contribution in [3.8, 4) is 0 Å². The van der Waals surface area contributed by atoms with Crippen LogP contribution in [0.1, 0.15) is 26.2 Å². The first-order valence-corrected chi connectivity index (χ1v) is 5.03. The summed E-state index contributed by atoms with van der Waals surface area (Å²) < 4.78 is 4.82. The van der Waals surface area contributed by atoms with Gasteiger partial charge in [0, 0.05) is 5.57 Å². The van der Waals surface area contributed by atoms with E-state index in [-0.39, 0.29) is 29.0 Å². The summed E-state index contributed by atoms with van der Waals surface area (Å²) in [6.45, 7) is 19.8. The average Bonchev–Trinajstić information content (AvgIpc) is 2.25. The van der Waals surface area contributed by atoms with Crippen molar-refractivity contribution in [2.24, 2.45) is 5.92 Å². The van der Waals surface area contributed by atoms with Gasteiger partial charge in [-0.25, -0.2) is 24.1 Å². The van der Waals surface area contributed by atoms with Gasteiger partial charge >= 0.3 is 23.0 Å². The Hall–Kier alpha value is -0.271. The van der Waals surface area contributed by atoms with Crippen molar-refractivity contribution in [2.45, 2.75) is 26.2 Å². The van der Waals surface area contributed by atoms with Crippen LogP contribution in [0.3, 0.4) is 0 Å². The molecule has 0 radical (unpaired) electrons. The molecule has 0 heterocycles. The quantitative estimate of drug-likeness (QED) is 0.330. The van der Waals surface area contributed by atoms with Crippen LogP contribution < -0.4 is 0 Å². The number of ether oxygens (including phenoxy) is 1. The molecule has 0 saturated heterocycles. The molecule has 0 aliphatic rings. The Morgan fingerprint density at radius 3 is 2.00 bits per heavy atom. The van der Waals surface area contributed by atoms with E-state index in [1.807, 2.05) is 0 Å². The van der Waals surface area contributed by atoms with E-state index in [0.29, 0.717) is 18.6 Å². The number of unbranched alkanes of at least 4 members (excludes halogenated alkanes) is 1. The normalized spacial score (nSPS) is 10.3. The first-order chi connectivity index (χ1) is 6.99. The fourth-order valence-electron chi connectivity index (χ4n) is 0.400. The molecule has 0 aliphatic carbocycles. The fourth-order valence-corrected chi connectivity index (χ4v) is 0.400. The molecule has 0 aliphatic heterocycles. The van der Waals surface area contributed by atoms with Crippen molar-refractivity contribution in [3.05, 3.63) is 39.8 Å². The van der Waals surface area contributed by atoms with Gasteiger partial charge in [0.25, 0.3) is 0 Å². The molecule has 1 atom stereocenters. The summed E-state index contributed by atoms with van der Waals surface area (Å²) in [5.74, 6) is -0.273. The van der Waals surface area contributed by atoms with Crippen molar-refractivity contribution in [1.82, 2.24) is 0 Å². The predicted octanol–water partition coefficient (Wildman–Crippen LogP) is 3.21. The molecule has 0 saturated carbocycles. The smallest absolute Gasteiger partial charge is 0.465 e. The van der Waals surface area contributed by atoms with Gasteiger partial charge in [-0.05, 0) is 6.92 Å². The van der Waals surface area contributed by atoms with Crippen LogP contribution in [-0.2, 0) is 26.6 Å². The Labute approximate surface area is 111 Å². The topological polar surface area (TPSA) is 26.3 Å². The molecule has 0 amide bonds. The third-order valence-electron chi connectivity index (χ3n) is 1.46. The van der Waals surface area contributed by atoms with E-state index in [2.05, 4.69) is 34.3 Å². The molecular formula is C13H22FeO2. The molecule has 94 valence electrons. The second-order valence-electron chi connectivity index (χ2n) is 3.24. The summed E-state index contributed by atoms with van der Waals surface area (Å²) in [5.41, 5.74) is 0.418. The minimum Gasteiger partial charge on any atom is -0.465 e. The minimum absolute atomic E-state index is 0. The zero-order valence-electron chi connectivity index (χ0n) is 10.1. The van der Waals surface area contributed by atoms with Crippen molar-refractivity contribution in [3.63, 3.8) is 0 Å². The molecule has 0 bridgehead atoms.